The van der Waals surface area contributed by atoms with Crippen LogP contribution in [-0.2, 0) is 23.7 Å². The monoisotopic (exact) mass is 994 g/mol. The van der Waals surface area contributed by atoms with E-state index >= 15 is 0 Å². The van der Waals surface area contributed by atoms with Crippen molar-refractivity contribution in [1.82, 2.24) is 10.2 Å². The van der Waals surface area contributed by atoms with Crippen molar-refractivity contribution in [3.05, 3.63) is 85.1 Å². The molecule has 3 rings (SSSR count). The molecule has 19 atom stereocenters. The summed E-state index contributed by atoms with van der Waals surface area (Å²) in [5.74, 6) is -3.68. The molecular weight excluding hydrogens is 911 g/mol. The number of nitrogens with one attached hydrogen (secondary N) is 1. The SMILES string of the molecule is CCN(CC)C(=O)N[C@H]1[C@@H]2CC(O[C@@H]3OC(C)[C@@H](O)[C@H](N)[C@@H]3O)/C=C/C=C/C=C/C=C/C=C/C=C/C=C/[C@H](C)[C@@H](O)[C@@H](C)[C@H](C)OC(=O)CC(O)CC(O)CC[C@@H](O)C(O)CC(O)CC(O)(C[C@@H]1O)O2. The number of esters is 1. The van der Waals surface area contributed by atoms with Crippen LogP contribution in [0.1, 0.15) is 92.9 Å². The van der Waals surface area contributed by atoms with Gasteiger partial charge >= 0.3 is 12.0 Å². The van der Waals surface area contributed by atoms with Gasteiger partial charge in [0.1, 0.15) is 12.2 Å². The summed E-state index contributed by atoms with van der Waals surface area (Å²) in [4.78, 5) is 27.6. The van der Waals surface area contributed by atoms with Gasteiger partial charge in [0.15, 0.2) is 12.1 Å². The first-order valence-corrected chi connectivity index (χ1v) is 24.6. The predicted molar refractivity (Wildman–Crippen MR) is 261 cm³/mol. The summed E-state index contributed by atoms with van der Waals surface area (Å²) in [5.41, 5.74) is 6.11. The highest BCUT2D eigenvalue weighted by Crippen LogP contribution is 2.35. The molecule has 3 aliphatic heterocycles. The summed E-state index contributed by atoms with van der Waals surface area (Å²) < 4.78 is 23.8. The van der Waals surface area contributed by atoms with Crippen LogP contribution in [0, 0.1) is 11.8 Å². The largest absolute Gasteiger partial charge is 0.462 e. The smallest absolute Gasteiger partial charge is 0.317 e. The quantitative estimate of drug-likeness (QED) is 0.173. The maximum absolute atomic E-state index is 13.4. The van der Waals surface area contributed by atoms with Gasteiger partial charge in [-0.05, 0) is 47.0 Å². The number of nitrogens with two attached hydrogens (primary N) is 1. The Labute approximate surface area is 413 Å². The molecule has 2 amide bonds. The molecule has 13 N–H and O–H groups in total. The number of hydrogen-bond donors (Lipinski definition) is 12. The van der Waals surface area contributed by atoms with Gasteiger partial charge in [0.25, 0.3) is 0 Å². The van der Waals surface area contributed by atoms with E-state index in [0.29, 0.717) is 13.1 Å². The number of carbonyl (C=O) groups is 2. The van der Waals surface area contributed by atoms with Crippen molar-refractivity contribution in [3.63, 3.8) is 0 Å². The second kappa shape index (κ2) is 30.4. The lowest BCUT2D eigenvalue weighted by Crippen LogP contribution is -2.64. The van der Waals surface area contributed by atoms with E-state index in [1.807, 2.05) is 49.5 Å². The number of fused-ring (bicyclic) bond motifs is 2. The van der Waals surface area contributed by atoms with Crippen LogP contribution in [-0.4, -0.2) is 185 Å². The van der Waals surface area contributed by atoms with Crippen molar-refractivity contribution < 1.29 is 79.6 Å². The Balaban J connectivity index is 1.94. The van der Waals surface area contributed by atoms with Crippen LogP contribution < -0.4 is 11.1 Å². The first kappa shape index (κ1) is 60.7. The van der Waals surface area contributed by atoms with E-state index in [0.717, 1.165) is 0 Å². The van der Waals surface area contributed by atoms with Crippen LogP contribution in [0.25, 0.3) is 0 Å². The van der Waals surface area contributed by atoms with Crippen molar-refractivity contribution in [1.29, 1.82) is 0 Å². The Morgan fingerprint density at radius 1 is 0.700 bits per heavy atom. The molecule has 3 aliphatic rings. The van der Waals surface area contributed by atoms with Gasteiger partial charge in [-0.2, -0.15) is 0 Å². The van der Waals surface area contributed by atoms with Crippen LogP contribution in [0.15, 0.2) is 85.1 Å². The van der Waals surface area contributed by atoms with E-state index in [1.165, 1.54) is 4.90 Å². The average molecular weight is 994 g/mol. The summed E-state index contributed by atoms with van der Waals surface area (Å²) >= 11 is 0. The van der Waals surface area contributed by atoms with E-state index < -0.39 is 147 Å². The fourth-order valence-corrected chi connectivity index (χ4v) is 8.58. The summed E-state index contributed by atoms with van der Waals surface area (Å²) in [6.45, 7) is 11.1. The highest BCUT2D eigenvalue weighted by Gasteiger charge is 2.49. The lowest BCUT2D eigenvalue weighted by atomic mass is 9.87. The second-order valence-corrected chi connectivity index (χ2v) is 18.9. The Hall–Kier alpha value is -3.64. The van der Waals surface area contributed by atoms with Gasteiger partial charge in [-0.3, -0.25) is 4.79 Å². The standard InChI is InChI=1S/C51H83N3O16/c1-7-54(8-2)50(65)53-45-41(60)30-51(66)29-37(57)26-40(59)39(58)24-23-35(55)25-36(56)27-43(61)67-33(5)32(4)46(62)31(3)21-19-17-15-13-11-9-10-12-14-16-18-20-22-38(28-42(45)70-51)69-49-48(64)44(52)47(63)34(6)68-49/h9-22,31-42,44-49,55-60,62-64,66H,7-8,23-30,52H2,1-6H3,(H,53,65)/b10-9+,13-11+,14-12+,17-15+,18-16+,21-19+,22-20+/t31-,32-,33-,34?,35?,36?,37?,38?,39+,40?,41-,42-,44-,45+,46+,47+,48-,49-,51?/m0/s1. The maximum Gasteiger partial charge on any atom is 0.317 e. The second-order valence-electron chi connectivity index (χ2n) is 18.9. The number of nitrogens with zero attached hydrogens (tertiary/aromatic N) is 1. The van der Waals surface area contributed by atoms with Gasteiger partial charge in [-0.25, -0.2) is 4.79 Å². The molecule has 2 fully saturated rings. The molecule has 0 aromatic rings. The van der Waals surface area contributed by atoms with Crippen LogP contribution in [0.4, 0.5) is 4.79 Å². The van der Waals surface area contributed by atoms with E-state index in [2.05, 4.69) is 5.32 Å². The van der Waals surface area contributed by atoms with Crippen LogP contribution >= 0.6 is 0 Å². The molecule has 2 saturated heterocycles. The fourth-order valence-electron chi connectivity index (χ4n) is 8.58. The summed E-state index contributed by atoms with van der Waals surface area (Å²) in [6.07, 6.45) is 5.30. The number of urea groups is 1. The van der Waals surface area contributed by atoms with E-state index in [4.69, 9.17) is 24.7 Å². The molecule has 0 aromatic heterocycles. The van der Waals surface area contributed by atoms with Crippen LogP contribution in [0.3, 0.4) is 0 Å². The molecule has 0 aliphatic carbocycles. The van der Waals surface area contributed by atoms with E-state index in [1.54, 1.807) is 77.2 Å². The molecule has 3 heterocycles. The first-order chi connectivity index (χ1) is 33.1. The van der Waals surface area contributed by atoms with Crippen molar-refractivity contribution in [3.8, 4) is 0 Å². The molecular formula is C51H83N3O16. The van der Waals surface area contributed by atoms with Crippen LogP contribution in [0.2, 0.25) is 0 Å². The normalized spacial score (nSPS) is 43.0. The number of carbonyl (C=O) groups excluding carboxylic acids is 2. The molecule has 2 bridgehead atoms. The van der Waals surface area contributed by atoms with Crippen molar-refractivity contribution in [2.45, 2.75) is 196 Å². The minimum atomic E-state index is -2.24. The van der Waals surface area contributed by atoms with Gasteiger partial charge < -0.3 is 86.0 Å². The Kier molecular flexibility index (Phi) is 26.4. The van der Waals surface area contributed by atoms with Gasteiger partial charge in [0.05, 0.1) is 85.6 Å². The number of aliphatic hydroxyl groups is 10. The van der Waals surface area contributed by atoms with Gasteiger partial charge in [-0.1, -0.05) is 98.9 Å². The topological polar surface area (TPSA) is 315 Å². The zero-order valence-electron chi connectivity index (χ0n) is 41.5. The Morgan fingerprint density at radius 3 is 1.86 bits per heavy atom. The third-order valence-corrected chi connectivity index (χ3v) is 13.1. The van der Waals surface area contributed by atoms with Gasteiger partial charge in [0, 0.05) is 50.6 Å². The molecule has 7 unspecified atom stereocenters. The number of hydrogen-bond acceptors (Lipinski definition) is 17. The third kappa shape index (κ3) is 20.1. The average Bonchev–Trinajstić information content (AvgIpc) is 3.29. The summed E-state index contributed by atoms with van der Waals surface area (Å²) in [7, 11) is 0. The van der Waals surface area contributed by atoms with Crippen molar-refractivity contribution in [2.24, 2.45) is 17.6 Å². The molecule has 70 heavy (non-hydrogen) atoms. The number of ether oxygens (including phenoxy) is 4. The first-order valence-electron chi connectivity index (χ1n) is 24.6. The lowest BCUT2D eigenvalue weighted by Gasteiger charge is -2.47. The molecule has 19 nitrogen and oxygen atoms in total. The number of rotatable bonds is 5. The molecule has 0 aromatic carbocycles. The number of allylic oxidation sites excluding steroid dienone is 12. The van der Waals surface area contributed by atoms with Crippen LogP contribution in [0.5, 0.6) is 0 Å². The highest BCUT2D eigenvalue weighted by atomic mass is 16.7. The van der Waals surface area contributed by atoms with E-state index in [-0.39, 0.29) is 31.6 Å². The predicted octanol–water partition coefficient (Wildman–Crippen LogP) is 1.43. The van der Waals surface area contributed by atoms with Crippen molar-refractivity contribution in [2.75, 3.05) is 13.1 Å². The maximum atomic E-state index is 13.4. The summed E-state index contributed by atoms with van der Waals surface area (Å²) in [6, 6.07) is -2.76. The number of cyclic esters (lactones) is 1. The Morgan fingerprint density at radius 2 is 1.27 bits per heavy atom. The minimum Gasteiger partial charge on any atom is -0.462 e. The van der Waals surface area contributed by atoms with Crippen molar-refractivity contribution >= 4 is 12.0 Å². The zero-order chi connectivity index (χ0) is 52.1. The molecule has 19 heteroatoms. The zero-order valence-corrected chi connectivity index (χ0v) is 41.5. The Bertz CT molecular complexity index is 1770. The number of amides is 2. The molecule has 0 spiro atoms. The molecule has 0 saturated carbocycles. The molecule has 0 radical (unpaired) electrons. The van der Waals surface area contributed by atoms with E-state index in [9.17, 15) is 60.7 Å². The van der Waals surface area contributed by atoms with Gasteiger partial charge in [-0.15, -0.1) is 0 Å². The lowest BCUT2D eigenvalue weighted by molar-refractivity contribution is -0.303. The number of aliphatic hydroxyl groups excluding tert-OH is 9. The minimum absolute atomic E-state index is 0.0892. The highest BCUT2D eigenvalue weighted by molar-refractivity contribution is 5.74. The fraction of sp³-hybridized carbons (Fsp3) is 0.686. The third-order valence-electron chi connectivity index (χ3n) is 13.1. The summed E-state index contributed by atoms with van der Waals surface area (Å²) in [5, 5.41) is 113. The van der Waals surface area contributed by atoms with Gasteiger partial charge in [0.2, 0.25) is 0 Å². The molecule has 398 valence electrons.